The molecule has 1 saturated heterocycles. The summed E-state index contributed by atoms with van der Waals surface area (Å²) in [4.78, 5) is 31.8. The third-order valence-electron chi connectivity index (χ3n) is 3.14. The lowest BCUT2D eigenvalue weighted by atomic mass is 10.0. The molecule has 0 saturated carbocycles. The van der Waals surface area contributed by atoms with Gasteiger partial charge in [-0.05, 0) is 0 Å². The van der Waals surface area contributed by atoms with E-state index in [4.69, 9.17) is 19.7 Å². The molecule has 0 radical (unpaired) electrons. The number of carboxylic acid groups (broad SMARTS) is 2. The highest BCUT2D eigenvalue weighted by Gasteiger charge is 2.49. The molecule has 13 heteroatoms. The molecule has 4 unspecified atom stereocenters. The molecular formula is C11H16O13. The van der Waals surface area contributed by atoms with Gasteiger partial charge in [-0.3, -0.25) is 4.79 Å². The molecule has 7 atom stereocenters. The predicted octanol–water partition coefficient (Wildman–Crippen LogP) is -4.80. The van der Waals surface area contributed by atoms with E-state index in [9.17, 15) is 39.9 Å². The Labute approximate surface area is 133 Å². The van der Waals surface area contributed by atoms with Crippen molar-refractivity contribution in [3.8, 4) is 0 Å². The van der Waals surface area contributed by atoms with Crippen molar-refractivity contribution in [1.82, 2.24) is 0 Å². The predicted molar refractivity (Wildman–Crippen MR) is 66.0 cm³/mol. The molecule has 0 aromatic rings. The van der Waals surface area contributed by atoms with Crippen LogP contribution in [0.3, 0.4) is 0 Å². The van der Waals surface area contributed by atoms with Gasteiger partial charge in [0.15, 0.2) is 18.5 Å². The summed E-state index contributed by atoms with van der Waals surface area (Å²) in [6.45, 7) is -0.162. The van der Waals surface area contributed by atoms with Gasteiger partial charge in [0.25, 0.3) is 6.47 Å². The number of ether oxygens (including phenoxy) is 3. The monoisotopic (exact) mass is 356 g/mol. The number of aliphatic hydroxyl groups is 5. The topological polar surface area (TPSA) is 221 Å². The maximum Gasteiger partial charge on any atom is 0.335 e. The summed E-state index contributed by atoms with van der Waals surface area (Å²) in [5.41, 5.74) is 0. The SMILES string of the molecule is O=COC1O[C@@H](OC(C(O)C(=O)O)C(O)C(=O)O)[C@H](O)C(O)[C@@H]1O. The van der Waals surface area contributed by atoms with Gasteiger partial charge in [-0.25, -0.2) is 9.59 Å². The molecular weight excluding hydrogens is 340 g/mol. The highest BCUT2D eigenvalue weighted by Crippen LogP contribution is 2.25. The summed E-state index contributed by atoms with van der Waals surface area (Å²) >= 11 is 0. The van der Waals surface area contributed by atoms with Crippen molar-refractivity contribution in [3.05, 3.63) is 0 Å². The van der Waals surface area contributed by atoms with Crippen molar-refractivity contribution in [1.29, 1.82) is 0 Å². The standard InChI is InChI=1S/C11H16O13/c12-1-22-10-3(14)2(13)4(15)11(24-10)23-7(5(16)8(18)19)6(17)9(20)21/h1-7,10-11,13-17H,(H,18,19)(H,20,21)/t2?,3-,4+,5?,6?,7?,10?,11+/m0/s1. The number of carbonyl (C=O) groups excluding carboxylic acids is 1. The van der Waals surface area contributed by atoms with E-state index in [1.54, 1.807) is 0 Å². The Morgan fingerprint density at radius 2 is 1.38 bits per heavy atom. The van der Waals surface area contributed by atoms with Gasteiger partial charge in [-0.2, -0.15) is 0 Å². The molecule has 1 rings (SSSR count). The lowest BCUT2D eigenvalue weighted by Crippen LogP contribution is -2.61. The lowest BCUT2D eigenvalue weighted by molar-refractivity contribution is -0.354. The van der Waals surface area contributed by atoms with Crippen molar-refractivity contribution in [2.45, 2.75) is 49.2 Å². The summed E-state index contributed by atoms with van der Waals surface area (Å²) in [6.07, 6.45) is -17.2. The van der Waals surface area contributed by atoms with Crippen LogP contribution in [-0.4, -0.2) is 103 Å². The van der Waals surface area contributed by atoms with Crippen LogP contribution >= 0.6 is 0 Å². The fraction of sp³-hybridized carbons (Fsp3) is 0.727. The van der Waals surface area contributed by atoms with Crippen LogP contribution in [0.15, 0.2) is 0 Å². The van der Waals surface area contributed by atoms with E-state index in [1.807, 2.05) is 0 Å². The first-order valence-electron chi connectivity index (χ1n) is 6.37. The molecule has 1 aliphatic heterocycles. The Kier molecular flexibility index (Phi) is 6.97. The number of aliphatic hydroxyl groups excluding tert-OH is 5. The summed E-state index contributed by atoms with van der Waals surface area (Å²) < 4.78 is 13.8. The molecule has 0 bridgehead atoms. The molecule has 0 amide bonds. The van der Waals surface area contributed by atoms with Gasteiger partial charge in [-0.15, -0.1) is 0 Å². The van der Waals surface area contributed by atoms with E-state index in [1.165, 1.54) is 0 Å². The Balaban J connectivity index is 2.99. The molecule has 0 aromatic carbocycles. The summed E-state index contributed by atoms with van der Waals surface area (Å²) in [5, 5.41) is 65.1. The zero-order chi connectivity index (χ0) is 18.6. The van der Waals surface area contributed by atoms with E-state index in [0.717, 1.165) is 0 Å². The highest BCUT2D eigenvalue weighted by molar-refractivity contribution is 5.77. The first-order chi connectivity index (χ1) is 11.1. The molecule has 7 N–H and O–H groups in total. The van der Waals surface area contributed by atoms with E-state index in [-0.39, 0.29) is 6.47 Å². The molecule has 0 aliphatic carbocycles. The fourth-order valence-corrected chi connectivity index (χ4v) is 1.85. The van der Waals surface area contributed by atoms with Crippen LogP contribution in [0.2, 0.25) is 0 Å². The van der Waals surface area contributed by atoms with Crippen LogP contribution in [0.5, 0.6) is 0 Å². The molecule has 24 heavy (non-hydrogen) atoms. The average molecular weight is 356 g/mol. The smallest absolute Gasteiger partial charge is 0.335 e. The molecule has 0 aromatic heterocycles. The zero-order valence-electron chi connectivity index (χ0n) is 11.8. The number of hydrogen-bond acceptors (Lipinski definition) is 11. The third kappa shape index (κ3) is 4.35. The second-order valence-corrected chi connectivity index (χ2v) is 4.74. The summed E-state index contributed by atoms with van der Waals surface area (Å²) in [7, 11) is 0. The van der Waals surface area contributed by atoms with Crippen LogP contribution in [0, 0.1) is 0 Å². The second kappa shape index (κ2) is 8.29. The van der Waals surface area contributed by atoms with Crippen LogP contribution < -0.4 is 0 Å². The zero-order valence-corrected chi connectivity index (χ0v) is 11.8. The quantitative estimate of drug-likeness (QED) is 0.203. The molecule has 0 spiro atoms. The van der Waals surface area contributed by atoms with E-state index in [2.05, 4.69) is 4.74 Å². The first-order valence-corrected chi connectivity index (χ1v) is 6.37. The maximum absolute atomic E-state index is 10.8. The lowest BCUT2D eigenvalue weighted by Gasteiger charge is -2.40. The normalized spacial score (nSPS) is 34.0. The van der Waals surface area contributed by atoms with Crippen LogP contribution in [0.25, 0.3) is 0 Å². The Bertz CT molecular complexity index is 447. The van der Waals surface area contributed by atoms with Gasteiger partial charge < -0.3 is 50.0 Å². The van der Waals surface area contributed by atoms with Gasteiger partial charge in [0.2, 0.25) is 6.29 Å². The van der Waals surface area contributed by atoms with Crippen molar-refractivity contribution in [2.24, 2.45) is 0 Å². The summed E-state index contributed by atoms with van der Waals surface area (Å²) in [5.74, 6) is -3.90. The minimum absolute atomic E-state index is 0.162. The number of carbonyl (C=O) groups is 3. The number of carboxylic acids is 2. The Hall–Kier alpha value is -1.87. The van der Waals surface area contributed by atoms with Gasteiger partial charge in [0.1, 0.15) is 24.4 Å². The van der Waals surface area contributed by atoms with Gasteiger partial charge in [-0.1, -0.05) is 0 Å². The van der Waals surface area contributed by atoms with E-state index >= 15 is 0 Å². The second-order valence-electron chi connectivity index (χ2n) is 4.74. The van der Waals surface area contributed by atoms with Crippen molar-refractivity contribution in [3.63, 3.8) is 0 Å². The first kappa shape index (κ1) is 20.2. The van der Waals surface area contributed by atoms with E-state index < -0.39 is 61.1 Å². The molecule has 13 nitrogen and oxygen atoms in total. The molecule has 1 aliphatic rings. The van der Waals surface area contributed by atoms with Gasteiger partial charge in [0.05, 0.1) is 0 Å². The van der Waals surface area contributed by atoms with Crippen molar-refractivity contribution in [2.75, 3.05) is 0 Å². The van der Waals surface area contributed by atoms with Crippen LogP contribution in [-0.2, 0) is 28.6 Å². The molecule has 1 heterocycles. The van der Waals surface area contributed by atoms with Crippen molar-refractivity contribution < 1.29 is 64.3 Å². The number of aliphatic carboxylic acids is 2. The Morgan fingerprint density at radius 3 is 1.79 bits per heavy atom. The van der Waals surface area contributed by atoms with Crippen LogP contribution in [0.4, 0.5) is 0 Å². The fourth-order valence-electron chi connectivity index (χ4n) is 1.85. The number of hydrogen-bond donors (Lipinski definition) is 7. The third-order valence-corrected chi connectivity index (χ3v) is 3.14. The highest BCUT2D eigenvalue weighted by atomic mass is 16.8. The van der Waals surface area contributed by atoms with E-state index in [0.29, 0.717) is 0 Å². The largest absolute Gasteiger partial charge is 0.479 e. The molecule has 138 valence electrons. The van der Waals surface area contributed by atoms with Gasteiger partial charge >= 0.3 is 11.9 Å². The number of rotatable bonds is 8. The van der Waals surface area contributed by atoms with Crippen molar-refractivity contribution >= 4 is 18.4 Å². The van der Waals surface area contributed by atoms with Crippen LogP contribution in [0.1, 0.15) is 0 Å². The van der Waals surface area contributed by atoms with Gasteiger partial charge in [0, 0.05) is 0 Å². The Morgan fingerprint density at radius 1 is 0.917 bits per heavy atom. The molecule has 1 fully saturated rings. The minimum Gasteiger partial charge on any atom is -0.479 e. The average Bonchev–Trinajstić information content (AvgIpc) is 2.52. The summed E-state index contributed by atoms with van der Waals surface area (Å²) in [6, 6.07) is 0. The maximum atomic E-state index is 10.8. The minimum atomic E-state index is -2.54.